The molecule has 5 heteroatoms. The van der Waals surface area contributed by atoms with Crippen molar-refractivity contribution in [1.29, 1.82) is 0 Å². The van der Waals surface area contributed by atoms with Crippen LogP contribution in [0.25, 0.3) is 0 Å². The Labute approximate surface area is 134 Å². The molecule has 0 saturated carbocycles. The molecule has 1 atom stereocenters. The summed E-state index contributed by atoms with van der Waals surface area (Å²) in [4.78, 5) is 12.4. The zero-order valence-electron chi connectivity index (χ0n) is 13.0. The van der Waals surface area contributed by atoms with Crippen molar-refractivity contribution in [2.75, 3.05) is 6.54 Å². The summed E-state index contributed by atoms with van der Waals surface area (Å²) in [7, 11) is 0. The van der Waals surface area contributed by atoms with Gasteiger partial charge in [0.05, 0.1) is 11.5 Å². The lowest BCUT2D eigenvalue weighted by Crippen LogP contribution is -2.41. The number of carbonyl (C=O) groups is 1. The van der Waals surface area contributed by atoms with E-state index in [9.17, 15) is 18.7 Å². The number of aliphatic hydroxyl groups is 1. The van der Waals surface area contributed by atoms with Gasteiger partial charge in [-0.15, -0.1) is 0 Å². The lowest BCUT2D eigenvalue weighted by Gasteiger charge is -2.25. The van der Waals surface area contributed by atoms with E-state index in [1.54, 1.807) is 26.0 Å². The zero-order valence-corrected chi connectivity index (χ0v) is 13.0. The standard InChI is InChI=1S/C18H19F2NO2/c1-18(2,13-5-9-15(20)10-6-13)17(23)21-11-16(22)12-3-7-14(19)8-4-12/h3-10,16,22H,11H2,1-2H3,(H,21,23). The highest BCUT2D eigenvalue weighted by Crippen LogP contribution is 2.24. The molecule has 0 aliphatic rings. The van der Waals surface area contributed by atoms with E-state index in [-0.39, 0.29) is 24.1 Å². The van der Waals surface area contributed by atoms with Crippen molar-refractivity contribution < 1.29 is 18.7 Å². The average molecular weight is 319 g/mol. The van der Waals surface area contributed by atoms with Gasteiger partial charge in [-0.25, -0.2) is 8.78 Å². The van der Waals surface area contributed by atoms with Gasteiger partial charge in [0.1, 0.15) is 11.6 Å². The van der Waals surface area contributed by atoms with Crippen LogP contribution in [-0.2, 0) is 10.2 Å². The number of halogens is 2. The molecule has 0 fully saturated rings. The van der Waals surface area contributed by atoms with Crippen LogP contribution in [0.2, 0.25) is 0 Å². The summed E-state index contributed by atoms with van der Waals surface area (Å²) in [5.74, 6) is -1.04. The second kappa shape index (κ2) is 6.87. The molecule has 2 aromatic rings. The van der Waals surface area contributed by atoms with E-state index in [1.807, 2.05) is 0 Å². The molecule has 23 heavy (non-hydrogen) atoms. The Morgan fingerprint density at radius 2 is 1.52 bits per heavy atom. The Hall–Kier alpha value is -2.27. The van der Waals surface area contributed by atoms with Crippen molar-refractivity contribution in [1.82, 2.24) is 5.32 Å². The summed E-state index contributed by atoms with van der Waals surface area (Å²) in [5.41, 5.74) is 0.329. The minimum atomic E-state index is -0.927. The molecule has 2 rings (SSSR count). The molecule has 3 nitrogen and oxygen atoms in total. The highest BCUT2D eigenvalue weighted by Gasteiger charge is 2.30. The van der Waals surface area contributed by atoms with Crippen molar-refractivity contribution in [2.24, 2.45) is 0 Å². The van der Waals surface area contributed by atoms with E-state index in [0.717, 1.165) is 0 Å². The smallest absolute Gasteiger partial charge is 0.230 e. The van der Waals surface area contributed by atoms with Gasteiger partial charge < -0.3 is 10.4 Å². The summed E-state index contributed by atoms with van der Waals surface area (Å²) < 4.78 is 25.8. The van der Waals surface area contributed by atoms with Gasteiger partial charge >= 0.3 is 0 Å². The maximum Gasteiger partial charge on any atom is 0.230 e. The molecule has 0 aromatic heterocycles. The first-order valence-electron chi connectivity index (χ1n) is 7.28. The van der Waals surface area contributed by atoms with E-state index in [0.29, 0.717) is 11.1 Å². The Kier molecular flexibility index (Phi) is 5.11. The first-order valence-corrected chi connectivity index (χ1v) is 7.28. The van der Waals surface area contributed by atoms with Crippen molar-refractivity contribution in [3.63, 3.8) is 0 Å². The maximum absolute atomic E-state index is 13.0. The third kappa shape index (κ3) is 4.13. The molecule has 1 amide bonds. The van der Waals surface area contributed by atoms with Crippen LogP contribution in [0.3, 0.4) is 0 Å². The number of aliphatic hydroxyl groups excluding tert-OH is 1. The zero-order chi connectivity index (χ0) is 17.0. The molecule has 2 aromatic carbocycles. The summed E-state index contributed by atoms with van der Waals surface area (Å²) in [6.07, 6.45) is -0.927. The van der Waals surface area contributed by atoms with Crippen LogP contribution in [0.15, 0.2) is 48.5 Å². The van der Waals surface area contributed by atoms with Gasteiger partial charge in [0.25, 0.3) is 0 Å². The van der Waals surface area contributed by atoms with E-state index >= 15 is 0 Å². The summed E-state index contributed by atoms with van der Waals surface area (Å²) in [6.45, 7) is 3.45. The number of hydrogen-bond acceptors (Lipinski definition) is 2. The van der Waals surface area contributed by atoms with Gasteiger partial charge in [-0.2, -0.15) is 0 Å². The Bertz CT molecular complexity index is 666. The fourth-order valence-electron chi connectivity index (χ4n) is 2.21. The van der Waals surface area contributed by atoms with Gasteiger partial charge in [0.15, 0.2) is 0 Å². The first-order chi connectivity index (χ1) is 10.8. The number of amides is 1. The van der Waals surface area contributed by atoms with Crippen LogP contribution in [0.1, 0.15) is 31.1 Å². The fourth-order valence-corrected chi connectivity index (χ4v) is 2.21. The Morgan fingerprint density at radius 1 is 1.04 bits per heavy atom. The van der Waals surface area contributed by atoms with Crippen LogP contribution in [0, 0.1) is 11.6 Å². The number of hydrogen-bond donors (Lipinski definition) is 2. The minimum absolute atomic E-state index is 0.00902. The molecule has 0 radical (unpaired) electrons. The molecule has 2 N–H and O–H groups in total. The second-order valence-electron chi connectivity index (χ2n) is 5.91. The average Bonchev–Trinajstić information content (AvgIpc) is 2.53. The Balaban J connectivity index is 2.00. The third-order valence-electron chi connectivity index (χ3n) is 3.84. The molecular weight excluding hydrogens is 300 g/mol. The summed E-state index contributed by atoms with van der Waals surface area (Å²) in [5, 5.41) is 12.7. The number of carbonyl (C=O) groups excluding carboxylic acids is 1. The monoisotopic (exact) mass is 319 g/mol. The predicted molar refractivity (Wildman–Crippen MR) is 83.8 cm³/mol. The molecule has 0 aliphatic heterocycles. The van der Waals surface area contributed by atoms with Crippen LogP contribution in [0.5, 0.6) is 0 Å². The van der Waals surface area contributed by atoms with Crippen LogP contribution < -0.4 is 5.32 Å². The van der Waals surface area contributed by atoms with Gasteiger partial charge in [-0.1, -0.05) is 24.3 Å². The third-order valence-corrected chi connectivity index (χ3v) is 3.84. The van der Waals surface area contributed by atoms with Crippen molar-refractivity contribution >= 4 is 5.91 Å². The molecular formula is C18H19F2NO2. The SMILES string of the molecule is CC(C)(C(=O)NCC(O)c1ccc(F)cc1)c1ccc(F)cc1. The summed E-state index contributed by atoms with van der Waals surface area (Å²) in [6, 6.07) is 11.2. The lowest BCUT2D eigenvalue weighted by atomic mass is 9.83. The van der Waals surface area contributed by atoms with E-state index < -0.39 is 11.5 Å². The van der Waals surface area contributed by atoms with Crippen LogP contribution in [-0.4, -0.2) is 17.6 Å². The van der Waals surface area contributed by atoms with Crippen molar-refractivity contribution in [2.45, 2.75) is 25.4 Å². The molecule has 0 aliphatic carbocycles. The largest absolute Gasteiger partial charge is 0.387 e. The van der Waals surface area contributed by atoms with E-state index in [2.05, 4.69) is 5.32 Å². The number of nitrogens with one attached hydrogen (secondary N) is 1. The van der Waals surface area contributed by atoms with Crippen LogP contribution in [0.4, 0.5) is 8.78 Å². The highest BCUT2D eigenvalue weighted by molar-refractivity contribution is 5.87. The lowest BCUT2D eigenvalue weighted by molar-refractivity contribution is -0.126. The van der Waals surface area contributed by atoms with Gasteiger partial charge in [0.2, 0.25) is 5.91 Å². The Morgan fingerprint density at radius 3 is 2.04 bits per heavy atom. The summed E-state index contributed by atoms with van der Waals surface area (Å²) >= 11 is 0. The fraction of sp³-hybridized carbons (Fsp3) is 0.278. The molecule has 0 saturated heterocycles. The topological polar surface area (TPSA) is 49.3 Å². The van der Waals surface area contributed by atoms with Crippen LogP contribution >= 0.6 is 0 Å². The molecule has 1 unspecified atom stereocenters. The van der Waals surface area contributed by atoms with Crippen molar-refractivity contribution in [3.05, 3.63) is 71.3 Å². The minimum Gasteiger partial charge on any atom is -0.387 e. The second-order valence-corrected chi connectivity index (χ2v) is 5.91. The molecule has 0 spiro atoms. The van der Waals surface area contributed by atoms with Gasteiger partial charge in [-0.3, -0.25) is 4.79 Å². The molecule has 0 bridgehead atoms. The molecule has 122 valence electrons. The normalized spacial score (nSPS) is 12.7. The number of rotatable bonds is 5. The quantitative estimate of drug-likeness (QED) is 0.890. The van der Waals surface area contributed by atoms with E-state index in [4.69, 9.17) is 0 Å². The van der Waals surface area contributed by atoms with Crippen molar-refractivity contribution in [3.8, 4) is 0 Å². The first kappa shape index (κ1) is 17.1. The van der Waals surface area contributed by atoms with Gasteiger partial charge in [0, 0.05) is 6.54 Å². The highest BCUT2D eigenvalue weighted by atomic mass is 19.1. The van der Waals surface area contributed by atoms with Gasteiger partial charge in [-0.05, 0) is 49.2 Å². The maximum atomic E-state index is 13.0. The predicted octanol–water partition coefficient (Wildman–Crippen LogP) is 3.09. The van der Waals surface area contributed by atoms with E-state index in [1.165, 1.54) is 36.4 Å². The molecule has 0 heterocycles. The number of benzene rings is 2.